The van der Waals surface area contributed by atoms with Crippen LogP contribution in [-0.2, 0) is 9.84 Å². The molecular weight excluding hydrogens is 286 g/mol. The van der Waals surface area contributed by atoms with Gasteiger partial charge in [0.2, 0.25) is 9.84 Å². The van der Waals surface area contributed by atoms with Crippen LogP contribution in [-0.4, -0.2) is 45.3 Å². The average Bonchev–Trinajstić information content (AvgIpc) is 2.39. The number of alkyl halides is 2. The van der Waals surface area contributed by atoms with Gasteiger partial charge in [-0.2, -0.15) is 8.78 Å². The Morgan fingerprint density at radius 1 is 1.30 bits per heavy atom. The first kappa shape index (κ1) is 15.2. The molecule has 4 nitrogen and oxygen atoms in total. The quantitative estimate of drug-likeness (QED) is 0.926. The minimum atomic E-state index is -4.50. The average molecular weight is 304 g/mol. The summed E-state index contributed by atoms with van der Waals surface area (Å²) < 4.78 is 47.4. The third-order valence-corrected chi connectivity index (χ3v) is 4.81. The first-order valence-corrected chi connectivity index (χ1v) is 8.01. The second kappa shape index (κ2) is 6.05. The number of hydrogen-bond acceptors (Lipinski definition) is 4. The molecule has 0 amide bonds. The number of halogens is 2. The zero-order valence-electron chi connectivity index (χ0n) is 11.2. The van der Waals surface area contributed by atoms with Crippen molar-refractivity contribution in [3.8, 4) is 0 Å². The first-order valence-electron chi connectivity index (χ1n) is 6.47. The molecule has 1 atom stereocenters. The maximum absolute atomic E-state index is 12.4. The molecule has 7 heteroatoms. The lowest BCUT2D eigenvalue weighted by Gasteiger charge is -2.30. The fourth-order valence-corrected chi connectivity index (χ4v) is 3.08. The van der Waals surface area contributed by atoms with E-state index >= 15 is 0 Å². The standard InChI is InChI=1S/C13H18F2N2O2S/c1-17-8-2-3-11(9-17)16-10-4-6-12(7-5-10)20(18,19)13(14)15/h4-7,11,13,16H,2-3,8-9H2,1H3. The molecule has 1 saturated heterocycles. The monoisotopic (exact) mass is 304 g/mol. The van der Waals surface area contributed by atoms with Gasteiger partial charge in [0.1, 0.15) is 0 Å². The van der Waals surface area contributed by atoms with Gasteiger partial charge in [0.05, 0.1) is 4.90 Å². The number of nitrogens with one attached hydrogen (secondary N) is 1. The number of nitrogens with zero attached hydrogens (tertiary/aromatic N) is 1. The van der Waals surface area contributed by atoms with Gasteiger partial charge in [0.15, 0.2) is 0 Å². The van der Waals surface area contributed by atoms with Crippen LogP contribution >= 0.6 is 0 Å². The Morgan fingerprint density at radius 3 is 2.50 bits per heavy atom. The van der Waals surface area contributed by atoms with Crippen LogP contribution in [0.25, 0.3) is 0 Å². The molecule has 1 heterocycles. The number of hydrogen-bond donors (Lipinski definition) is 1. The molecule has 1 unspecified atom stereocenters. The number of sulfone groups is 1. The van der Waals surface area contributed by atoms with Crippen molar-refractivity contribution < 1.29 is 17.2 Å². The van der Waals surface area contributed by atoms with Crippen LogP contribution in [0.3, 0.4) is 0 Å². The molecule has 0 bridgehead atoms. The van der Waals surface area contributed by atoms with Crippen molar-refractivity contribution in [2.45, 2.75) is 29.5 Å². The minimum Gasteiger partial charge on any atom is -0.381 e. The number of benzene rings is 1. The van der Waals surface area contributed by atoms with Crippen LogP contribution in [0.1, 0.15) is 12.8 Å². The lowest BCUT2D eigenvalue weighted by Crippen LogP contribution is -2.39. The van der Waals surface area contributed by atoms with E-state index in [4.69, 9.17) is 0 Å². The van der Waals surface area contributed by atoms with E-state index in [2.05, 4.69) is 10.2 Å². The number of anilines is 1. The van der Waals surface area contributed by atoms with Gasteiger partial charge in [-0.15, -0.1) is 0 Å². The Hall–Kier alpha value is -1.21. The highest BCUT2D eigenvalue weighted by Crippen LogP contribution is 2.21. The van der Waals surface area contributed by atoms with Gasteiger partial charge in [0.25, 0.3) is 0 Å². The summed E-state index contributed by atoms with van der Waals surface area (Å²) in [6, 6.07) is 5.80. The number of rotatable bonds is 4. The molecule has 1 aliphatic heterocycles. The summed E-state index contributed by atoms with van der Waals surface area (Å²) in [6.07, 6.45) is 2.15. The third kappa shape index (κ3) is 3.46. The molecule has 1 aliphatic rings. The Morgan fingerprint density at radius 2 is 1.95 bits per heavy atom. The van der Waals surface area contributed by atoms with Crippen LogP contribution in [0.5, 0.6) is 0 Å². The van der Waals surface area contributed by atoms with Crippen molar-refractivity contribution in [3.63, 3.8) is 0 Å². The largest absolute Gasteiger partial charge is 0.381 e. The molecule has 1 fully saturated rings. The highest BCUT2D eigenvalue weighted by molar-refractivity contribution is 7.91. The number of likely N-dealkylation sites (N-methyl/N-ethyl adjacent to an activating group) is 1. The molecule has 1 aromatic carbocycles. The SMILES string of the molecule is CN1CCCC(Nc2ccc(S(=O)(=O)C(F)F)cc2)C1. The summed E-state index contributed by atoms with van der Waals surface area (Å²) in [4.78, 5) is 1.87. The normalized spacial score (nSPS) is 21.1. The van der Waals surface area contributed by atoms with Gasteiger partial charge in [-0.1, -0.05) is 0 Å². The van der Waals surface area contributed by atoms with Gasteiger partial charge >= 0.3 is 5.76 Å². The molecule has 0 spiro atoms. The minimum absolute atomic E-state index is 0.298. The van der Waals surface area contributed by atoms with E-state index in [-0.39, 0.29) is 4.90 Å². The van der Waals surface area contributed by atoms with E-state index in [0.717, 1.165) is 31.6 Å². The Balaban J connectivity index is 2.05. The number of piperidine rings is 1. The van der Waals surface area contributed by atoms with Crippen LogP contribution < -0.4 is 5.32 Å². The first-order chi connectivity index (χ1) is 9.39. The molecule has 1 N–H and O–H groups in total. The van der Waals surface area contributed by atoms with Gasteiger partial charge in [-0.25, -0.2) is 8.42 Å². The molecule has 0 aromatic heterocycles. The van der Waals surface area contributed by atoms with Crippen LogP contribution in [0.15, 0.2) is 29.2 Å². The summed E-state index contributed by atoms with van der Waals surface area (Å²) in [6.45, 7) is 1.99. The predicted molar refractivity (Wildman–Crippen MR) is 73.8 cm³/mol. The summed E-state index contributed by atoms with van der Waals surface area (Å²) >= 11 is 0. The second-order valence-corrected chi connectivity index (χ2v) is 6.99. The van der Waals surface area contributed by atoms with E-state index < -0.39 is 15.6 Å². The third-order valence-electron chi connectivity index (χ3n) is 3.41. The highest BCUT2D eigenvalue weighted by Gasteiger charge is 2.26. The predicted octanol–water partition coefficient (Wildman–Crippen LogP) is 2.19. The van der Waals surface area contributed by atoms with Crippen molar-refractivity contribution in [1.29, 1.82) is 0 Å². The summed E-state index contributed by atoms with van der Waals surface area (Å²) in [5.41, 5.74) is 0.749. The van der Waals surface area contributed by atoms with Crippen LogP contribution in [0.2, 0.25) is 0 Å². The Labute approximate surface area is 117 Å². The smallest absolute Gasteiger partial charge is 0.341 e. The lowest BCUT2D eigenvalue weighted by atomic mass is 10.1. The fourth-order valence-electron chi connectivity index (χ4n) is 2.36. The maximum atomic E-state index is 12.4. The zero-order chi connectivity index (χ0) is 14.8. The highest BCUT2D eigenvalue weighted by atomic mass is 32.2. The molecule has 1 aromatic rings. The van der Waals surface area contributed by atoms with Crippen LogP contribution in [0.4, 0.5) is 14.5 Å². The topological polar surface area (TPSA) is 49.4 Å². The van der Waals surface area contributed by atoms with Gasteiger partial charge < -0.3 is 10.2 Å². The van der Waals surface area contributed by atoms with Gasteiger partial charge in [-0.05, 0) is 50.7 Å². The molecule has 112 valence electrons. The Kier molecular flexibility index (Phi) is 4.59. The maximum Gasteiger partial charge on any atom is 0.341 e. The van der Waals surface area contributed by atoms with Crippen molar-refractivity contribution in [1.82, 2.24) is 4.90 Å². The summed E-state index contributed by atoms with van der Waals surface area (Å²) in [5, 5.41) is 3.30. The molecule has 20 heavy (non-hydrogen) atoms. The van der Waals surface area contributed by atoms with Gasteiger partial charge in [0, 0.05) is 18.3 Å². The van der Waals surface area contributed by atoms with E-state index in [1.54, 1.807) is 0 Å². The molecule has 2 rings (SSSR count). The summed E-state index contributed by atoms with van der Waals surface area (Å²) in [5.74, 6) is -3.38. The van der Waals surface area contributed by atoms with Gasteiger partial charge in [-0.3, -0.25) is 0 Å². The van der Waals surface area contributed by atoms with E-state index in [0.29, 0.717) is 6.04 Å². The van der Waals surface area contributed by atoms with Crippen LogP contribution in [0, 0.1) is 0 Å². The van der Waals surface area contributed by atoms with E-state index in [9.17, 15) is 17.2 Å². The van der Waals surface area contributed by atoms with Crippen molar-refractivity contribution in [3.05, 3.63) is 24.3 Å². The fraction of sp³-hybridized carbons (Fsp3) is 0.538. The molecule has 0 aliphatic carbocycles. The Bertz CT molecular complexity index is 546. The van der Waals surface area contributed by atoms with Crippen molar-refractivity contribution >= 4 is 15.5 Å². The summed E-state index contributed by atoms with van der Waals surface area (Å²) in [7, 11) is -2.46. The molecular formula is C13H18F2N2O2S. The molecule has 0 radical (unpaired) electrons. The number of likely N-dealkylation sites (tertiary alicyclic amines) is 1. The lowest BCUT2D eigenvalue weighted by molar-refractivity contribution is 0.234. The van der Waals surface area contributed by atoms with Crippen molar-refractivity contribution in [2.75, 3.05) is 25.5 Å². The zero-order valence-corrected chi connectivity index (χ0v) is 12.0. The second-order valence-electron chi connectivity index (χ2n) is 5.08. The molecule has 0 saturated carbocycles. The van der Waals surface area contributed by atoms with E-state index in [1.807, 2.05) is 7.05 Å². The van der Waals surface area contributed by atoms with E-state index in [1.165, 1.54) is 24.3 Å². The van der Waals surface area contributed by atoms with Crippen molar-refractivity contribution in [2.24, 2.45) is 0 Å².